The molecule has 0 unspecified atom stereocenters. The molecule has 0 aromatic heterocycles. The van der Waals surface area contributed by atoms with Crippen molar-refractivity contribution in [1.29, 1.82) is 0 Å². The van der Waals surface area contributed by atoms with Crippen LogP contribution in [0.15, 0.2) is 30.3 Å². The lowest BCUT2D eigenvalue weighted by atomic mass is 10.2. The van der Waals surface area contributed by atoms with Crippen molar-refractivity contribution in [2.24, 2.45) is 0 Å². The maximum atomic E-state index is 9.72. The molecule has 1 aromatic carbocycles. The zero-order chi connectivity index (χ0) is 13.5. The summed E-state index contributed by atoms with van der Waals surface area (Å²) in [6, 6.07) is 10.9. The third kappa shape index (κ3) is 4.94. The summed E-state index contributed by atoms with van der Waals surface area (Å²) in [5, 5.41) is 13.2. The van der Waals surface area contributed by atoms with E-state index in [-0.39, 0.29) is 6.10 Å². The maximum Gasteiger partial charge on any atom is 0.0693 e. The standard InChI is InChI=1S/C16H26N2O/c1-18(13-14-7-3-2-4-8-14)12-6-11-17-15-9-5-10-16(15)19/h2-4,7-8,15-17,19H,5-6,9-13H2,1H3/t15-,16-/m1/s1. The van der Waals surface area contributed by atoms with Crippen molar-refractivity contribution in [2.45, 2.75) is 44.4 Å². The van der Waals surface area contributed by atoms with Crippen LogP contribution in [0.4, 0.5) is 0 Å². The Morgan fingerprint density at radius 2 is 2.05 bits per heavy atom. The highest BCUT2D eigenvalue weighted by Crippen LogP contribution is 2.18. The van der Waals surface area contributed by atoms with Gasteiger partial charge in [0.05, 0.1) is 6.10 Å². The molecule has 0 saturated heterocycles. The third-order valence-corrected chi connectivity index (χ3v) is 3.90. The minimum atomic E-state index is -0.123. The van der Waals surface area contributed by atoms with E-state index in [0.29, 0.717) is 6.04 Å². The number of nitrogens with one attached hydrogen (secondary N) is 1. The van der Waals surface area contributed by atoms with E-state index in [9.17, 15) is 5.11 Å². The van der Waals surface area contributed by atoms with Crippen LogP contribution in [0, 0.1) is 0 Å². The number of rotatable bonds is 7. The van der Waals surface area contributed by atoms with E-state index < -0.39 is 0 Å². The second-order valence-electron chi connectivity index (χ2n) is 5.64. The van der Waals surface area contributed by atoms with E-state index in [4.69, 9.17) is 0 Å². The van der Waals surface area contributed by atoms with E-state index >= 15 is 0 Å². The molecule has 2 N–H and O–H groups in total. The minimum absolute atomic E-state index is 0.123. The molecule has 0 aliphatic heterocycles. The first-order valence-electron chi connectivity index (χ1n) is 7.39. The molecule has 3 nitrogen and oxygen atoms in total. The fourth-order valence-electron chi connectivity index (χ4n) is 2.79. The van der Waals surface area contributed by atoms with Gasteiger partial charge in [-0.05, 0) is 51.4 Å². The normalized spacial score (nSPS) is 23.1. The summed E-state index contributed by atoms with van der Waals surface area (Å²) in [5.41, 5.74) is 1.36. The lowest BCUT2D eigenvalue weighted by Gasteiger charge is -2.19. The Balaban J connectivity index is 1.58. The molecule has 1 aliphatic rings. The zero-order valence-electron chi connectivity index (χ0n) is 11.9. The summed E-state index contributed by atoms with van der Waals surface area (Å²) >= 11 is 0. The van der Waals surface area contributed by atoms with Crippen molar-refractivity contribution in [3.05, 3.63) is 35.9 Å². The molecule has 2 rings (SSSR count). The average molecular weight is 262 g/mol. The van der Waals surface area contributed by atoms with Gasteiger partial charge in [-0.15, -0.1) is 0 Å². The number of hydrogen-bond donors (Lipinski definition) is 2. The van der Waals surface area contributed by atoms with E-state index in [1.807, 2.05) is 0 Å². The smallest absolute Gasteiger partial charge is 0.0693 e. The largest absolute Gasteiger partial charge is 0.392 e. The second-order valence-corrected chi connectivity index (χ2v) is 5.64. The fourth-order valence-corrected chi connectivity index (χ4v) is 2.79. The molecular formula is C16H26N2O. The number of aliphatic hydroxyl groups excluding tert-OH is 1. The third-order valence-electron chi connectivity index (χ3n) is 3.90. The van der Waals surface area contributed by atoms with Gasteiger partial charge < -0.3 is 15.3 Å². The topological polar surface area (TPSA) is 35.5 Å². The number of hydrogen-bond acceptors (Lipinski definition) is 3. The Morgan fingerprint density at radius 3 is 2.74 bits per heavy atom. The Morgan fingerprint density at radius 1 is 1.26 bits per heavy atom. The molecule has 3 heteroatoms. The molecule has 0 amide bonds. The van der Waals surface area contributed by atoms with E-state index in [0.717, 1.165) is 45.3 Å². The predicted molar refractivity (Wildman–Crippen MR) is 79.0 cm³/mol. The molecule has 0 radical (unpaired) electrons. The minimum Gasteiger partial charge on any atom is -0.392 e. The van der Waals surface area contributed by atoms with Crippen LogP contribution in [0.25, 0.3) is 0 Å². The van der Waals surface area contributed by atoms with Crippen LogP contribution in [0.1, 0.15) is 31.2 Å². The average Bonchev–Trinajstić information content (AvgIpc) is 2.81. The van der Waals surface area contributed by atoms with Crippen LogP contribution in [0.3, 0.4) is 0 Å². The molecule has 2 atom stereocenters. The van der Waals surface area contributed by atoms with Crippen molar-refractivity contribution in [2.75, 3.05) is 20.1 Å². The van der Waals surface area contributed by atoms with Gasteiger partial charge in [-0.2, -0.15) is 0 Å². The number of aliphatic hydroxyl groups is 1. The van der Waals surface area contributed by atoms with Crippen LogP contribution in [0.2, 0.25) is 0 Å². The van der Waals surface area contributed by atoms with Gasteiger partial charge in [0.2, 0.25) is 0 Å². The fraction of sp³-hybridized carbons (Fsp3) is 0.625. The van der Waals surface area contributed by atoms with Gasteiger partial charge in [0, 0.05) is 12.6 Å². The lowest BCUT2D eigenvalue weighted by Crippen LogP contribution is -2.37. The maximum absolute atomic E-state index is 9.72. The highest BCUT2D eigenvalue weighted by Gasteiger charge is 2.23. The van der Waals surface area contributed by atoms with Crippen molar-refractivity contribution < 1.29 is 5.11 Å². The monoisotopic (exact) mass is 262 g/mol. The van der Waals surface area contributed by atoms with Crippen LogP contribution in [0.5, 0.6) is 0 Å². The molecule has 1 aliphatic carbocycles. The van der Waals surface area contributed by atoms with Crippen LogP contribution < -0.4 is 5.32 Å². The van der Waals surface area contributed by atoms with Gasteiger partial charge >= 0.3 is 0 Å². The van der Waals surface area contributed by atoms with Crippen LogP contribution >= 0.6 is 0 Å². The van der Waals surface area contributed by atoms with Gasteiger partial charge in [0.25, 0.3) is 0 Å². The molecule has 0 heterocycles. The molecule has 1 aromatic rings. The summed E-state index contributed by atoms with van der Waals surface area (Å²) in [7, 11) is 2.16. The lowest BCUT2D eigenvalue weighted by molar-refractivity contribution is 0.148. The van der Waals surface area contributed by atoms with Crippen molar-refractivity contribution >= 4 is 0 Å². The highest BCUT2D eigenvalue weighted by molar-refractivity contribution is 5.14. The first kappa shape index (κ1) is 14.5. The Hall–Kier alpha value is -0.900. The van der Waals surface area contributed by atoms with Gasteiger partial charge in [-0.25, -0.2) is 0 Å². The molecule has 106 valence electrons. The van der Waals surface area contributed by atoms with Gasteiger partial charge in [-0.3, -0.25) is 0 Å². The van der Waals surface area contributed by atoms with E-state index in [1.165, 1.54) is 5.56 Å². The Bertz CT molecular complexity index is 355. The Kier molecular flexibility index (Phi) is 5.83. The molecular weight excluding hydrogens is 236 g/mol. The van der Waals surface area contributed by atoms with E-state index in [1.54, 1.807) is 0 Å². The van der Waals surface area contributed by atoms with Crippen molar-refractivity contribution in [3.63, 3.8) is 0 Å². The summed E-state index contributed by atoms with van der Waals surface area (Å²) in [5.74, 6) is 0. The first-order chi connectivity index (χ1) is 9.25. The van der Waals surface area contributed by atoms with Gasteiger partial charge in [0.15, 0.2) is 0 Å². The quantitative estimate of drug-likeness (QED) is 0.738. The molecule has 19 heavy (non-hydrogen) atoms. The second kappa shape index (κ2) is 7.63. The van der Waals surface area contributed by atoms with Crippen molar-refractivity contribution in [1.82, 2.24) is 10.2 Å². The Labute approximate surface area is 116 Å². The molecule has 1 fully saturated rings. The molecule has 1 saturated carbocycles. The summed E-state index contributed by atoms with van der Waals surface area (Å²) < 4.78 is 0. The number of benzene rings is 1. The first-order valence-corrected chi connectivity index (χ1v) is 7.39. The summed E-state index contributed by atoms with van der Waals surface area (Å²) in [6.45, 7) is 3.10. The molecule has 0 bridgehead atoms. The zero-order valence-corrected chi connectivity index (χ0v) is 11.9. The SMILES string of the molecule is CN(CCCN[C@@H]1CCC[C@H]1O)Cc1ccccc1. The summed E-state index contributed by atoms with van der Waals surface area (Å²) in [4.78, 5) is 2.35. The number of nitrogens with zero attached hydrogens (tertiary/aromatic N) is 1. The van der Waals surface area contributed by atoms with Crippen molar-refractivity contribution in [3.8, 4) is 0 Å². The van der Waals surface area contributed by atoms with E-state index in [2.05, 4.69) is 47.6 Å². The summed E-state index contributed by atoms with van der Waals surface area (Å²) in [6.07, 6.45) is 4.26. The highest BCUT2D eigenvalue weighted by atomic mass is 16.3. The van der Waals surface area contributed by atoms with Gasteiger partial charge in [0.1, 0.15) is 0 Å². The van der Waals surface area contributed by atoms with Gasteiger partial charge in [-0.1, -0.05) is 30.3 Å². The van der Waals surface area contributed by atoms with Crippen LogP contribution in [-0.2, 0) is 6.54 Å². The molecule has 0 spiro atoms. The predicted octanol–water partition coefficient (Wildman–Crippen LogP) is 2.01. The van der Waals surface area contributed by atoms with Crippen LogP contribution in [-0.4, -0.2) is 42.3 Å².